The van der Waals surface area contributed by atoms with E-state index in [1.165, 1.54) is 31.3 Å². The molecule has 2 heteroatoms. The van der Waals surface area contributed by atoms with Crippen molar-refractivity contribution in [3.63, 3.8) is 0 Å². The van der Waals surface area contributed by atoms with Crippen LogP contribution < -0.4 is 0 Å². The summed E-state index contributed by atoms with van der Waals surface area (Å²) >= 11 is 0. The van der Waals surface area contributed by atoms with Gasteiger partial charge < -0.3 is 9.59 Å². The van der Waals surface area contributed by atoms with Gasteiger partial charge in [0.2, 0.25) is 0 Å². The Labute approximate surface area is 113 Å². The molecule has 0 aromatic heterocycles. The van der Waals surface area contributed by atoms with Crippen molar-refractivity contribution in [3.8, 4) is 11.8 Å². The van der Waals surface area contributed by atoms with Crippen molar-refractivity contribution in [2.45, 2.75) is 46.5 Å². The van der Waals surface area contributed by atoms with Crippen LogP contribution in [0.5, 0.6) is 0 Å². The van der Waals surface area contributed by atoms with Crippen LogP contribution in [0.2, 0.25) is 0 Å². The van der Waals surface area contributed by atoms with Crippen molar-refractivity contribution in [1.29, 1.82) is 0 Å². The minimum absolute atomic E-state index is 0.0644. The van der Waals surface area contributed by atoms with Crippen LogP contribution in [-0.4, -0.2) is 35.8 Å². The summed E-state index contributed by atoms with van der Waals surface area (Å²) in [5.41, 5.74) is 1.20. The van der Waals surface area contributed by atoms with Crippen molar-refractivity contribution < 1.29 is 9.59 Å². The van der Waals surface area contributed by atoms with E-state index < -0.39 is 0 Å². The van der Waals surface area contributed by atoms with Crippen molar-refractivity contribution in [2.75, 3.05) is 26.2 Å². The molecule has 0 spiro atoms. The van der Waals surface area contributed by atoms with Gasteiger partial charge >= 0.3 is 0 Å². The molecule has 0 heterocycles. The molecule has 0 aromatic carbocycles. The van der Waals surface area contributed by atoms with Crippen LogP contribution in [0, 0.1) is 18.4 Å². The zero-order valence-corrected chi connectivity index (χ0v) is 12.3. The predicted molar refractivity (Wildman–Crippen MR) is 78.7 cm³/mol. The number of hydrogen-bond acceptors (Lipinski definition) is 1. The third-order valence-electron chi connectivity index (χ3n) is 3.02. The molecule has 0 rings (SSSR count). The van der Waals surface area contributed by atoms with E-state index >= 15 is 0 Å². The Bertz CT molecular complexity index is 277. The second kappa shape index (κ2) is 10.1. The normalized spacial score (nSPS) is 10.7. The Balaban J connectivity index is 4.78. The van der Waals surface area contributed by atoms with Gasteiger partial charge in [-0.3, -0.25) is 5.92 Å². The molecule has 2 nitrogen and oxygen atoms in total. The highest BCUT2D eigenvalue weighted by atomic mass is 16.2. The number of hydrogen-bond donors (Lipinski definition) is 1. The molecule has 0 radical (unpaired) electrons. The molecule has 18 heavy (non-hydrogen) atoms. The molecule has 0 aliphatic rings. The fraction of sp³-hybridized carbons (Fsp3) is 0.688. The van der Waals surface area contributed by atoms with E-state index in [0.29, 0.717) is 0 Å². The molecule has 0 saturated heterocycles. The van der Waals surface area contributed by atoms with E-state index in [2.05, 4.69) is 45.7 Å². The highest BCUT2D eigenvalue weighted by Gasteiger charge is 2.21. The fourth-order valence-electron chi connectivity index (χ4n) is 2.16. The summed E-state index contributed by atoms with van der Waals surface area (Å²) in [6.07, 6.45) is 4.80. The molecule has 0 saturated carbocycles. The molecule has 0 aromatic rings. The molecule has 104 valence electrons. The Kier molecular flexibility index (Phi) is 9.55. The van der Waals surface area contributed by atoms with Gasteiger partial charge in [0, 0.05) is 13.2 Å². The lowest BCUT2D eigenvalue weighted by atomic mass is 10.1. The number of aliphatic hydroxyl groups excluding tert-OH is 1. The van der Waals surface area contributed by atoms with E-state index in [1.54, 1.807) is 0 Å². The number of rotatable bonds is 9. The second-order valence-electron chi connectivity index (χ2n) is 5.10. The Morgan fingerprint density at radius 3 is 2.17 bits per heavy atom. The molecule has 0 amide bonds. The molecule has 0 bridgehead atoms. The number of aliphatic hydroxyl groups is 1. The minimum Gasteiger partial charge on any atom is -0.404 e. The predicted octanol–water partition coefficient (Wildman–Crippen LogP) is 3.14. The van der Waals surface area contributed by atoms with Gasteiger partial charge in [0.15, 0.2) is 0 Å². The summed E-state index contributed by atoms with van der Waals surface area (Å²) in [5, 5.41) is 8.78. The molecule has 0 aliphatic carbocycles. The smallest absolute Gasteiger partial charge is 0.0910 e. The molecule has 0 aliphatic heterocycles. The highest BCUT2D eigenvalue weighted by molar-refractivity contribution is 5.06. The third kappa shape index (κ3) is 7.42. The lowest BCUT2D eigenvalue weighted by Gasteiger charge is -2.42. The topological polar surface area (TPSA) is 20.2 Å². The van der Waals surface area contributed by atoms with Crippen molar-refractivity contribution in [1.82, 2.24) is 0 Å². The van der Waals surface area contributed by atoms with E-state index in [4.69, 9.17) is 5.11 Å². The minimum atomic E-state index is -0.0644. The largest absolute Gasteiger partial charge is 0.404 e. The van der Waals surface area contributed by atoms with Crippen LogP contribution in [0.3, 0.4) is 0 Å². The summed E-state index contributed by atoms with van der Waals surface area (Å²) < 4.78 is 0.893. The SMILES string of the molecule is C=C(C)C[N+]([CH-]C#CCO)(CCCC)CCCC. The summed E-state index contributed by atoms with van der Waals surface area (Å²) in [4.78, 5) is 0. The zero-order valence-electron chi connectivity index (χ0n) is 12.3. The third-order valence-corrected chi connectivity index (χ3v) is 3.02. The Morgan fingerprint density at radius 2 is 1.78 bits per heavy atom. The maximum atomic E-state index is 8.78. The molecule has 1 N–H and O–H groups in total. The van der Waals surface area contributed by atoms with Gasteiger partial charge in [0.25, 0.3) is 0 Å². The second-order valence-corrected chi connectivity index (χ2v) is 5.10. The fourth-order valence-corrected chi connectivity index (χ4v) is 2.16. The monoisotopic (exact) mass is 251 g/mol. The van der Waals surface area contributed by atoms with Gasteiger partial charge in [0.05, 0.1) is 19.6 Å². The van der Waals surface area contributed by atoms with Crippen molar-refractivity contribution in [2.24, 2.45) is 0 Å². The first-order valence-corrected chi connectivity index (χ1v) is 7.04. The lowest BCUT2D eigenvalue weighted by Crippen LogP contribution is -2.47. The van der Waals surface area contributed by atoms with Gasteiger partial charge in [-0.05, 0) is 25.3 Å². The zero-order chi connectivity index (χ0) is 13.9. The Morgan fingerprint density at radius 1 is 1.22 bits per heavy atom. The molecule has 0 atom stereocenters. The van der Waals surface area contributed by atoms with Crippen LogP contribution in [0.4, 0.5) is 0 Å². The average molecular weight is 251 g/mol. The summed E-state index contributed by atoms with van der Waals surface area (Å²) in [7, 11) is 0. The highest BCUT2D eigenvalue weighted by Crippen LogP contribution is 2.17. The van der Waals surface area contributed by atoms with Gasteiger partial charge in [-0.2, -0.15) is 0 Å². The van der Waals surface area contributed by atoms with Crippen LogP contribution in [0.25, 0.3) is 0 Å². The summed E-state index contributed by atoms with van der Waals surface area (Å²) in [5.74, 6) is 5.74. The molecule has 0 fully saturated rings. The van der Waals surface area contributed by atoms with E-state index in [0.717, 1.165) is 24.1 Å². The quantitative estimate of drug-likeness (QED) is 0.289. The number of unbranched alkanes of at least 4 members (excludes halogenated alkanes) is 2. The first-order valence-electron chi connectivity index (χ1n) is 7.04. The number of quaternary nitrogens is 1. The summed E-state index contributed by atoms with van der Waals surface area (Å²) in [6, 6.07) is 0. The van der Waals surface area contributed by atoms with E-state index in [1.807, 2.05) is 0 Å². The van der Waals surface area contributed by atoms with Crippen LogP contribution >= 0.6 is 0 Å². The molecule has 0 unspecified atom stereocenters. The van der Waals surface area contributed by atoms with Crippen LogP contribution in [-0.2, 0) is 0 Å². The van der Waals surface area contributed by atoms with Crippen molar-refractivity contribution >= 4 is 0 Å². The first kappa shape index (κ1) is 17.1. The maximum Gasteiger partial charge on any atom is 0.0910 e. The average Bonchev–Trinajstić information content (AvgIpc) is 2.33. The van der Waals surface area contributed by atoms with Gasteiger partial charge in [0.1, 0.15) is 0 Å². The van der Waals surface area contributed by atoms with Gasteiger partial charge in [-0.1, -0.05) is 33.3 Å². The lowest BCUT2D eigenvalue weighted by molar-refractivity contribution is -0.891. The maximum absolute atomic E-state index is 8.78. The van der Waals surface area contributed by atoms with E-state index in [9.17, 15) is 0 Å². The van der Waals surface area contributed by atoms with Gasteiger partial charge in [-0.25, -0.2) is 5.92 Å². The summed E-state index contributed by atoms with van der Waals surface area (Å²) in [6.45, 7) is 15.8. The molecular weight excluding hydrogens is 222 g/mol. The van der Waals surface area contributed by atoms with E-state index in [-0.39, 0.29) is 6.61 Å². The first-order chi connectivity index (χ1) is 8.60. The van der Waals surface area contributed by atoms with Gasteiger partial charge in [-0.15, -0.1) is 0 Å². The Hall–Kier alpha value is -0.910. The molecular formula is C16H29NO. The van der Waals surface area contributed by atoms with Crippen LogP contribution in [0.15, 0.2) is 12.2 Å². The standard InChI is InChI=1S/C16H29NO/c1-5-7-11-17(12-8-6-2,15-16(3)4)13-9-10-14-18/h13,18H,3,5-8,11-12,14-15H2,1-2,4H3. The van der Waals surface area contributed by atoms with Crippen molar-refractivity contribution in [3.05, 3.63) is 18.7 Å². The number of nitrogens with zero attached hydrogens (tertiary/aromatic N) is 1. The van der Waals surface area contributed by atoms with Crippen LogP contribution in [0.1, 0.15) is 46.5 Å².